The highest BCUT2D eigenvalue weighted by Crippen LogP contribution is 2.48. The van der Waals surface area contributed by atoms with E-state index >= 15 is 0 Å². The van der Waals surface area contributed by atoms with Crippen LogP contribution in [0.15, 0.2) is 0 Å². The maximum Gasteiger partial charge on any atom is 0.133 e. The molecule has 0 aromatic carbocycles. The molecule has 0 bridgehead atoms. The van der Waals surface area contributed by atoms with Crippen molar-refractivity contribution < 1.29 is 4.79 Å². The van der Waals surface area contributed by atoms with Crippen LogP contribution in [0.25, 0.3) is 0 Å². The molecule has 68 valence electrons. The summed E-state index contributed by atoms with van der Waals surface area (Å²) in [6.45, 7) is 1.77. The maximum atomic E-state index is 11.2. The first-order valence-electron chi connectivity index (χ1n) is 5.29. The second-order valence-electron chi connectivity index (χ2n) is 4.51. The molecule has 1 nitrogen and oxygen atoms in total. The lowest BCUT2D eigenvalue weighted by atomic mass is 9.61. The summed E-state index contributed by atoms with van der Waals surface area (Å²) in [6, 6.07) is 0. The summed E-state index contributed by atoms with van der Waals surface area (Å²) in [5.41, 5.74) is 0. The van der Waals surface area contributed by atoms with E-state index < -0.39 is 0 Å². The van der Waals surface area contributed by atoms with E-state index in [9.17, 15) is 4.79 Å². The number of fused-ring (bicyclic) bond motifs is 1. The van der Waals surface area contributed by atoms with Crippen molar-refractivity contribution in [1.82, 2.24) is 0 Å². The van der Waals surface area contributed by atoms with Crippen molar-refractivity contribution in [3.8, 4) is 0 Å². The van der Waals surface area contributed by atoms with Gasteiger partial charge in [0.25, 0.3) is 0 Å². The molecule has 1 heteroatoms. The molecule has 0 aliphatic heterocycles. The average Bonchev–Trinajstić information content (AvgIpc) is 2.13. The van der Waals surface area contributed by atoms with Gasteiger partial charge in [0.1, 0.15) is 5.78 Å². The normalized spacial score (nSPS) is 40.9. The van der Waals surface area contributed by atoms with Gasteiger partial charge in [0, 0.05) is 5.92 Å². The van der Waals surface area contributed by atoms with E-state index in [-0.39, 0.29) is 0 Å². The predicted molar refractivity (Wildman–Crippen MR) is 48.9 cm³/mol. The van der Waals surface area contributed by atoms with Crippen molar-refractivity contribution in [3.63, 3.8) is 0 Å². The molecular formula is C11H18O. The van der Waals surface area contributed by atoms with Crippen LogP contribution in [-0.4, -0.2) is 5.78 Å². The van der Waals surface area contributed by atoms with E-state index in [4.69, 9.17) is 0 Å². The summed E-state index contributed by atoms with van der Waals surface area (Å²) in [7, 11) is 0. The minimum Gasteiger partial charge on any atom is -0.300 e. The second kappa shape index (κ2) is 3.20. The van der Waals surface area contributed by atoms with Crippen LogP contribution in [0.1, 0.15) is 45.4 Å². The quantitative estimate of drug-likeness (QED) is 0.585. The molecule has 2 fully saturated rings. The summed E-state index contributed by atoms with van der Waals surface area (Å²) in [5, 5.41) is 0. The Morgan fingerprint density at radius 2 is 1.92 bits per heavy atom. The first-order valence-corrected chi connectivity index (χ1v) is 5.29. The van der Waals surface area contributed by atoms with Gasteiger partial charge in [-0.05, 0) is 31.6 Å². The molecule has 0 N–H and O–H groups in total. The number of carbonyl (C=O) groups is 1. The Balaban J connectivity index is 1.96. The average molecular weight is 166 g/mol. The third kappa shape index (κ3) is 1.30. The van der Waals surface area contributed by atoms with Crippen molar-refractivity contribution in [1.29, 1.82) is 0 Å². The van der Waals surface area contributed by atoms with Gasteiger partial charge in [-0.25, -0.2) is 0 Å². The molecule has 0 spiro atoms. The van der Waals surface area contributed by atoms with Gasteiger partial charge in [-0.15, -0.1) is 0 Å². The second-order valence-corrected chi connectivity index (χ2v) is 4.51. The van der Waals surface area contributed by atoms with E-state index in [1.165, 1.54) is 38.5 Å². The Morgan fingerprint density at radius 3 is 2.67 bits per heavy atom. The maximum absolute atomic E-state index is 11.2. The van der Waals surface area contributed by atoms with E-state index in [0.29, 0.717) is 11.7 Å². The Hall–Kier alpha value is -0.330. The number of ketones is 1. The zero-order valence-corrected chi connectivity index (χ0v) is 7.88. The molecule has 0 radical (unpaired) electrons. The minimum absolute atomic E-state index is 0.443. The Labute approximate surface area is 74.5 Å². The summed E-state index contributed by atoms with van der Waals surface area (Å²) in [6.07, 6.45) is 8.11. The van der Waals surface area contributed by atoms with Crippen molar-refractivity contribution in [2.45, 2.75) is 45.4 Å². The number of hydrogen-bond donors (Lipinski definition) is 0. The SMILES string of the molecule is CC(=O)[C@@H]1C[C@H]2CCCCC[C@H]21. The van der Waals surface area contributed by atoms with Gasteiger partial charge in [-0.2, -0.15) is 0 Å². The van der Waals surface area contributed by atoms with Crippen molar-refractivity contribution >= 4 is 5.78 Å². The lowest BCUT2D eigenvalue weighted by Gasteiger charge is -2.42. The molecule has 0 unspecified atom stereocenters. The molecule has 0 saturated heterocycles. The number of Topliss-reactive ketones (excluding diaryl/α,β-unsaturated/α-hetero) is 1. The molecule has 3 atom stereocenters. The van der Waals surface area contributed by atoms with Crippen LogP contribution in [-0.2, 0) is 4.79 Å². The Morgan fingerprint density at radius 1 is 1.17 bits per heavy atom. The van der Waals surface area contributed by atoms with E-state index in [1.807, 2.05) is 0 Å². The van der Waals surface area contributed by atoms with Crippen LogP contribution in [0.2, 0.25) is 0 Å². The van der Waals surface area contributed by atoms with Gasteiger partial charge in [0.15, 0.2) is 0 Å². The van der Waals surface area contributed by atoms with Crippen LogP contribution in [0.5, 0.6) is 0 Å². The van der Waals surface area contributed by atoms with Crippen LogP contribution in [0.4, 0.5) is 0 Å². The third-order valence-electron chi connectivity index (χ3n) is 3.81. The lowest BCUT2D eigenvalue weighted by molar-refractivity contribution is -0.129. The monoisotopic (exact) mass is 166 g/mol. The van der Waals surface area contributed by atoms with Crippen LogP contribution >= 0.6 is 0 Å². The molecule has 0 aromatic rings. The summed E-state index contributed by atoms with van der Waals surface area (Å²) in [5.74, 6) is 2.60. The Kier molecular flexibility index (Phi) is 2.20. The largest absolute Gasteiger partial charge is 0.300 e. The summed E-state index contributed by atoms with van der Waals surface area (Å²) < 4.78 is 0. The van der Waals surface area contributed by atoms with Crippen molar-refractivity contribution in [2.75, 3.05) is 0 Å². The highest BCUT2D eigenvalue weighted by molar-refractivity contribution is 5.79. The Bertz CT molecular complexity index is 185. The fourth-order valence-electron chi connectivity index (χ4n) is 3.01. The van der Waals surface area contributed by atoms with Gasteiger partial charge in [-0.1, -0.05) is 25.7 Å². The van der Waals surface area contributed by atoms with Gasteiger partial charge in [0.2, 0.25) is 0 Å². The number of hydrogen-bond acceptors (Lipinski definition) is 1. The highest BCUT2D eigenvalue weighted by Gasteiger charge is 2.42. The summed E-state index contributed by atoms with van der Waals surface area (Å²) in [4.78, 5) is 11.2. The highest BCUT2D eigenvalue weighted by atomic mass is 16.1. The molecule has 2 saturated carbocycles. The molecule has 0 aromatic heterocycles. The number of carbonyl (C=O) groups excluding carboxylic acids is 1. The molecule has 2 aliphatic carbocycles. The third-order valence-corrected chi connectivity index (χ3v) is 3.81. The zero-order valence-electron chi connectivity index (χ0n) is 7.88. The van der Waals surface area contributed by atoms with E-state index in [0.717, 1.165) is 11.8 Å². The summed E-state index contributed by atoms with van der Waals surface area (Å²) >= 11 is 0. The predicted octanol–water partition coefficient (Wildman–Crippen LogP) is 2.79. The van der Waals surface area contributed by atoms with E-state index in [1.54, 1.807) is 6.92 Å². The van der Waals surface area contributed by atoms with Crippen LogP contribution in [0, 0.1) is 17.8 Å². The van der Waals surface area contributed by atoms with Crippen molar-refractivity contribution in [2.24, 2.45) is 17.8 Å². The fourth-order valence-corrected chi connectivity index (χ4v) is 3.01. The molecule has 0 heterocycles. The lowest BCUT2D eigenvalue weighted by Crippen LogP contribution is -2.39. The standard InChI is InChI=1S/C11H18O/c1-8(12)11-7-9-5-3-2-4-6-10(9)11/h9-11H,2-7H2,1H3/t9-,10-,11+/m1/s1. The van der Waals surface area contributed by atoms with Gasteiger partial charge < -0.3 is 0 Å². The first kappa shape index (κ1) is 8.28. The smallest absolute Gasteiger partial charge is 0.133 e. The molecule has 12 heavy (non-hydrogen) atoms. The van der Waals surface area contributed by atoms with Gasteiger partial charge in [0.05, 0.1) is 0 Å². The topological polar surface area (TPSA) is 17.1 Å². The molecule has 0 amide bonds. The minimum atomic E-state index is 0.443. The van der Waals surface area contributed by atoms with Crippen LogP contribution < -0.4 is 0 Å². The molecular weight excluding hydrogens is 148 g/mol. The van der Waals surface area contributed by atoms with E-state index in [2.05, 4.69) is 0 Å². The van der Waals surface area contributed by atoms with Gasteiger partial charge in [-0.3, -0.25) is 4.79 Å². The molecule has 2 rings (SSSR count). The first-order chi connectivity index (χ1) is 5.79. The van der Waals surface area contributed by atoms with Crippen molar-refractivity contribution in [3.05, 3.63) is 0 Å². The van der Waals surface area contributed by atoms with Crippen LogP contribution in [0.3, 0.4) is 0 Å². The zero-order chi connectivity index (χ0) is 8.55. The van der Waals surface area contributed by atoms with Gasteiger partial charge >= 0.3 is 0 Å². The molecule has 2 aliphatic rings. The number of rotatable bonds is 1. The fraction of sp³-hybridized carbons (Fsp3) is 0.909.